The van der Waals surface area contributed by atoms with Crippen LogP contribution < -0.4 is 0 Å². The number of ether oxygens (including phenoxy) is 2. The van der Waals surface area contributed by atoms with Gasteiger partial charge in [0.25, 0.3) is 0 Å². The number of aliphatic hydroxyl groups excluding tert-OH is 2. The Balaban J connectivity index is 4.47. The van der Waals surface area contributed by atoms with E-state index in [2.05, 4.69) is 30.5 Å². The lowest BCUT2D eigenvalue weighted by Crippen LogP contribution is -2.29. The van der Waals surface area contributed by atoms with Crippen LogP contribution in [-0.4, -0.2) is 65.7 Å². The van der Waals surface area contributed by atoms with Gasteiger partial charge in [0.05, 0.1) is 19.8 Å². The second-order valence-electron chi connectivity index (χ2n) is 13.4. The highest BCUT2D eigenvalue weighted by molar-refractivity contribution is 7.47. The fourth-order valence-corrected chi connectivity index (χ4v) is 6.04. The molecular weight excluding hydrogens is 671 g/mol. The molecule has 0 spiro atoms. The first-order valence-electron chi connectivity index (χ1n) is 20.0. The van der Waals surface area contributed by atoms with Gasteiger partial charge in [-0.1, -0.05) is 147 Å². The molecule has 1 unspecified atom stereocenters. The standard InChI is InChI=1S/C40H73O10P/c1-3-5-7-9-11-13-15-17-18-20-21-23-25-27-29-31-39(43)47-35-38(36-49-51(45,46)48-34-37(42)33-41)50-40(44)32-30-28-26-24-22-19-16-14-12-10-8-6-4-2/h19,22,25,27,29,31,37-38,41-42H,3-18,20-21,23-24,26,28,30,32-36H2,1-2H3,(H,45,46)/b22-19+,27-25+,31-29+/t37-,38+/m0/s1. The van der Waals surface area contributed by atoms with Crippen LogP contribution in [0, 0.1) is 0 Å². The lowest BCUT2D eigenvalue weighted by Gasteiger charge is -2.20. The van der Waals surface area contributed by atoms with Gasteiger partial charge in [-0.05, 0) is 44.9 Å². The lowest BCUT2D eigenvalue weighted by atomic mass is 10.1. The van der Waals surface area contributed by atoms with Crippen molar-refractivity contribution in [2.24, 2.45) is 0 Å². The number of rotatable bonds is 37. The fourth-order valence-electron chi connectivity index (χ4n) is 5.25. The van der Waals surface area contributed by atoms with Gasteiger partial charge in [-0.15, -0.1) is 0 Å². The topological polar surface area (TPSA) is 149 Å². The van der Waals surface area contributed by atoms with E-state index in [9.17, 15) is 24.2 Å². The highest BCUT2D eigenvalue weighted by Crippen LogP contribution is 2.43. The van der Waals surface area contributed by atoms with Gasteiger partial charge in [0, 0.05) is 12.5 Å². The quantitative estimate of drug-likeness (QED) is 0.0140. The van der Waals surface area contributed by atoms with Crippen molar-refractivity contribution >= 4 is 19.8 Å². The Labute approximate surface area is 310 Å². The Morgan fingerprint density at radius 2 is 1.10 bits per heavy atom. The van der Waals surface area contributed by atoms with Crippen LogP contribution >= 0.6 is 7.82 Å². The summed E-state index contributed by atoms with van der Waals surface area (Å²) in [5.41, 5.74) is 0. The molecule has 10 nitrogen and oxygen atoms in total. The number of hydrogen-bond acceptors (Lipinski definition) is 9. The number of phosphoric acid groups is 1. The Morgan fingerprint density at radius 3 is 1.63 bits per heavy atom. The molecule has 0 rings (SSSR count). The molecule has 0 amide bonds. The van der Waals surface area contributed by atoms with Gasteiger partial charge >= 0.3 is 19.8 Å². The second kappa shape index (κ2) is 36.5. The number of allylic oxidation sites excluding steroid dienone is 5. The predicted molar refractivity (Wildman–Crippen MR) is 205 cm³/mol. The summed E-state index contributed by atoms with van der Waals surface area (Å²) in [6.45, 7) is 2.21. The first-order valence-corrected chi connectivity index (χ1v) is 21.5. The smallest absolute Gasteiger partial charge is 0.458 e. The third kappa shape index (κ3) is 36.3. The number of esters is 2. The van der Waals surface area contributed by atoms with E-state index in [0.717, 1.165) is 38.5 Å². The lowest BCUT2D eigenvalue weighted by molar-refractivity contribution is -0.159. The normalized spacial score (nSPS) is 14.4. The number of carbonyl (C=O) groups is 2. The van der Waals surface area contributed by atoms with Gasteiger partial charge in [-0.3, -0.25) is 13.8 Å². The molecule has 51 heavy (non-hydrogen) atoms. The van der Waals surface area contributed by atoms with Crippen molar-refractivity contribution in [1.29, 1.82) is 0 Å². The number of phosphoric ester groups is 1. The van der Waals surface area contributed by atoms with E-state index < -0.39 is 51.8 Å². The minimum absolute atomic E-state index is 0.145. The van der Waals surface area contributed by atoms with E-state index in [-0.39, 0.29) is 13.0 Å². The number of aliphatic hydroxyl groups is 2. The molecule has 0 bridgehead atoms. The molecule has 0 fully saturated rings. The van der Waals surface area contributed by atoms with Crippen LogP contribution in [-0.2, 0) is 32.7 Å². The second-order valence-corrected chi connectivity index (χ2v) is 14.8. The van der Waals surface area contributed by atoms with E-state index in [0.29, 0.717) is 6.42 Å². The summed E-state index contributed by atoms with van der Waals surface area (Å²) >= 11 is 0. The largest absolute Gasteiger partial charge is 0.472 e. The minimum atomic E-state index is -4.63. The monoisotopic (exact) mass is 744 g/mol. The third-order valence-corrected chi connectivity index (χ3v) is 9.32. The summed E-state index contributed by atoms with van der Waals surface area (Å²) in [5.74, 6) is -1.20. The number of unbranched alkanes of at least 4 members (excludes halogenated alkanes) is 20. The maximum atomic E-state index is 12.5. The molecule has 0 aromatic carbocycles. The van der Waals surface area contributed by atoms with E-state index in [1.807, 2.05) is 6.08 Å². The summed E-state index contributed by atoms with van der Waals surface area (Å²) in [7, 11) is -4.63. The van der Waals surface area contributed by atoms with Crippen molar-refractivity contribution in [3.05, 3.63) is 36.5 Å². The summed E-state index contributed by atoms with van der Waals surface area (Å²) in [4.78, 5) is 34.7. The van der Waals surface area contributed by atoms with Gasteiger partial charge in [0.2, 0.25) is 0 Å². The number of carbonyl (C=O) groups excluding carboxylic acids is 2. The van der Waals surface area contributed by atoms with E-state index in [1.165, 1.54) is 109 Å². The highest BCUT2D eigenvalue weighted by atomic mass is 31.2. The van der Waals surface area contributed by atoms with Crippen molar-refractivity contribution in [1.82, 2.24) is 0 Å². The Bertz CT molecular complexity index is 952. The van der Waals surface area contributed by atoms with Crippen molar-refractivity contribution in [2.75, 3.05) is 26.4 Å². The average Bonchev–Trinajstić information content (AvgIpc) is 3.12. The van der Waals surface area contributed by atoms with E-state index >= 15 is 0 Å². The Hall–Kier alpha value is -1.81. The molecule has 3 N–H and O–H groups in total. The zero-order chi connectivity index (χ0) is 37.7. The maximum absolute atomic E-state index is 12.5. The molecular formula is C40H73O10P. The zero-order valence-corrected chi connectivity index (χ0v) is 33.0. The van der Waals surface area contributed by atoms with Crippen molar-refractivity contribution in [2.45, 2.75) is 180 Å². The molecule has 0 aliphatic heterocycles. The van der Waals surface area contributed by atoms with Crippen LogP contribution in [0.1, 0.15) is 168 Å². The molecule has 0 aromatic heterocycles. The zero-order valence-electron chi connectivity index (χ0n) is 32.1. The van der Waals surface area contributed by atoms with Gasteiger partial charge in [0.15, 0.2) is 6.10 Å². The van der Waals surface area contributed by atoms with Crippen LogP contribution in [0.4, 0.5) is 0 Å². The SMILES string of the molecule is CCCCCCCC/C=C/CCCCCC(=O)O[C@H](COC(=O)/C=C/C=C/CCCCCCCCCCCCC)COP(=O)(O)OC[C@@H](O)CO. The summed E-state index contributed by atoms with van der Waals surface area (Å²) < 4.78 is 32.4. The fraction of sp³-hybridized carbons (Fsp3) is 0.800. The van der Waals surface area contributed by atoms with Crippen LogP contribution in [0.2, 0.25) is 0 Å². The summed E-state index contributed by atoms with van der Waals surface area (Å²) in [6, 6.07) is 0. The molecule has 0 radical (unpaired) electrons. The molecule has 0 saturated heterocycles. The van der Waals surface area contributed by atoms with Gasteiger partial charge < -0.3 is 24.6 Å². The molecule has 3 atom stereocenters. The molecule has 11 heteroatoms. The van der Waals surface area contributed by atoms with Crippen LogP contribution in [0.25, 0.3) is 0 Å². The van der Waals surface area contributed by atoms with E-state index in [1.54, 1.807) is 12.2 Å². The predicted octanol–water partition coefficient (Wildman–Crippen LogP) is 10.00. The van der Waals surface area contributed by atoms with Gasteiger partial charge in [0.1, 0.15) is 12.7 Å². The Kier molecular flexibility index (Phi) is 35.2. The first kappa shape index (κ1) is 49.2. The van der Waals surface area contributed by atoms with Crippen LogP contribution in [0.5, 0.6) is 0 Å². The molecule has 0 heterocycles. The van der Waals surface area contributed by atoms with Gasteiger partial charge in [-0.2, -0.15) is 0 Å². The first-order chi connectivity index (χ1) is 24.7. The van der Waals surface area contributed by atoms with Crippen molar-refractivity contribution in [3.63, 3.8) is 0 Å². The van der Waals surface area contributed by atoms with Crippen LogP contribution in [0.15, 0.2) is 36.5 Å². The van der Waals surface area contributed by atoms with Crippen molar-refractivity contribution in [3.8, 4) is 0 Å². The molecule has 0 aliphatic rings. The molecule has 0 aliphatic carbocycles. The van der Waals surface area contributed by atoms with E-state index in [4.69, 9.17) is 19.1 Å². The summed E-state index contributed by atoms with van der Waals surface area (Å²) in [5, 5.41) is 18.3. The third-order valence-electron chi connectivity index (χ3n) is 8.37. The maximum Gasteiger partial charge on any atom is 0.472 e. The molecule has 0 saturated carbocycles. The average molecular weight is 745 g/mol. The van der Waals surface area contributed by atoms with Crippen molar-refractivity contribution < 1.29 is 47.8 Å². The molecule has 298 valence electrons. The molecule has 0 aromatic rings. The minimum Gasteiger partial charge on any atom is -0.458 e. The highest BCUT2D eigenvalue weighted by Gasteiger charge is 2.27. The summed E-state index contributed by atoms with van der Waals surface area (Å²) in [6.07, 6.45) is 36.1. The van der Waals surface area contributed by atoms with Crippen LogP contribution in [0.3, 0.4) is 0 Å². The van der Waals surface area contributed by atoms with Gasteiger partial charge in [-0.25, -0.2) is 9.36 Å². The number of hydrogen-bond donors (Lipinski definition) is 3. The Morgan fingerprint density at radius 1 is 0.627 bits per heavy atom.